The second-order valence-electron chi connectivity index (χ2n) is 13.7. The number of carbonyl (C=O) groups excluding carboxylic acids is 1. The summed E-state index contributed by atoms with van der Waals surface area (Å²) in [6.07, 6.45) is 6.49. The predicted octanol–water partition coefficient (Wildman–Crippen LogP) is 6.82. The first-order valence-electron chi connectivity index (χ1n) is 14.4. The van der Waals surface area contributed by atoms with Crippen molar-refractivity contribution < 1.29 is 14.3 Å². The summed E-state index contributed by atoms with van der Waals surface area (Å²) >= 11 is 6.25. The lowest BCUT2D eigenvalue weighted by Crippen LogP contribution is -2.49. The van der Waals surface area contributed by atoms with Crippen molar-refractivity contribution in [1.82, 2.24) is 23.9 Å². The van der Waals surface area contributed by atoms with Crippen molar-refractivity contribution >= 4 is 23.2 Å². The average molecular weight is 594 g/mol. The van der Waals surface area contributed by atoms with Gasteiger partial charge in [0, 0.05) is 34.8 Å². The molecule has 0 bridgehead atoms. The Morgan fingerprint density at radius 2 is 1.67 bits per heavy atom. The van der Waals surface area contributed by atoms with E-state index >= 15 is 0 Å². The van der Waals surface area contributed by atoms with E-state index in [4.69, 9.17) is 21.1 Å². The lowest BCUT2D eigenvalue weighted by molar-refractivity contribution is -0.0922. The monoisotopic (exact) mass is 593 g/mol. The third-order valence-corrected chi connectivity index (χ3v) is 8.85. The summed E-state index contributed by atoms with van der Waals surface area (Å²) in [4.78, 5) is 39.6. The second kappa shape index (κ2) is 10.9. The van der Waals surface area contributed by atoms with Crippen molar-refractivity contribution in [2.75, 3.05) is 7.11 Å². The van der Waals surface area contributed by atoms with E-state index in [-0.39, 0.29) is 46.0 Å². The number of imidazole rings is 1. The van der Waals surface area contributed by atoms with Gasteiger partial charge >= 0.3 is 11.7 Å². The molecule has 1 aliphatic rings. The molecule has 1 aromatic carbocycles. The summed E-state index contributed by atoms with van der Waals surface area (Å²) < 4.78 is 15.0. The van der Waals surface area contributed by atoms with Crippen molar-refractivity contribution in [1.29, 1.82) is 0 Å². The van der Waals surface area contributed by atoms with E-state index < -0.39 is 11.7 Å². The van der Waals surface area contributed by atoms with Crippen LogP contribution in [0.25, 0.3) is 22.6 Å². The van der Waals surface area contributed by atoms with Crippen LogP contribution in [0, 0.1) is 28.6 Å². The standard InChI is InChI=1S/C32H40ClN5O4/c1-18-15-21(31(2,3)4)25(22(16-18)32(5,6)7)42-28(39)24-23(19-9-11-20(33)12-10-19)27(37-14-13-34-17-37)38-26(24)35-29(41-8)36-30(38)40/h9-14,17-18,21-22,25H,15-16H2,1-8H3,(H,35,36,40). The van der Waals surface area contributed by atoms with Gasteiger partial charge in [-0.2, -0.15) is 4.98 Å². The number of nitrogens with one attached hydrogen (secondary N) is 1. The lowest BCUT2D eigenvalue weighted by Gasteiger charge is -2.50. The topological polar surface area (TPSA) is 104 Å². The van der Waals surface area contributed by atoms with Crippen LogP contribution in [0.5, 0.6) is 6.01 Å². The summed E-state index contributed by atoms with van der Waals surface area (Å²) in [7, 11) is 1.41. The fourth-order valence-electron chi connectivity index (χ4n) is 6.48. The molecule has 9 nitrogen and oxygen atoms in total. The zero-order valence-electron chi connectivity index (χ0n) is 25.6. The van der Waals surface area contributed by atoms with Crippen LogP contribution in [-0.4, -0.2) is 43.1 Å². The SMILES string of the molecule is COc1nc2c(C(=O)OC3C(C(C)(C)C)CC(C)CC3C(C)(C)C)c(-c3ccc(Cl)cc3)c(-n3ccnc3)n2c(=O)[nH]1. The highest BCUT2D eigenvalue weighted by Gasteiger charge is 2.48. The zero-order valence-corrected chi connectivity index (χ0v) is 26.3. The number of halogens is 1. The van der Waals surface area contributed by atoms with Gasteiger partial charge in [0.15, 0.2) is 5.65 Å². The van der Waals surface area contributed by atoms with Gasteiger partial charge in [0.05, 0.1) is 7.11 Å². The minimum atomic E-state index is -0.535. The number of esters is 1. The number of carbonyl (C=O) groups is 1. The van der Waals surface area contributed by atoms with Crippen LogP contribution >= 0.6 is 11.6 Å². The van der Waals surface area contributed by atoms with E-state index in [1.807, 2.05) is 12.1 Å². The Labute approximate surface area is 251 Å². The molecule has 0 saturated heterocycles. The molecule has 0 radical (unpaired) electrons. The lowest BCUT2D eigenvalue weighted by atomic mass is 9.59. The van der Waals surface area contributed by atoms with Crippen molar-refractivity contribution in [3.05, 3.63) is 64.1 Å². The fourth-order valence-corrected chi connectivity index (χ4v) is 6.60. The van der Waals surface area contributed by atoms with E-state index in [1.54, 1.807) is 35.4 Å². The van der Waals surface area contributed by atoms with Crippen LogP contribution < -0.4 is 10.4 Å². The molecule has 1 N–H and O–H groups in total. The zero-order chi connectivity index (χ0) is 30.6. The maximum atomic E-state index is 14.6. The molecule has 0 amide bonds. The Bertz CT molecular complexity index is 1620. The minimum Gasteiger partial charge on any atom is -0.468 e. The molecular formula is C32H40ClN5O4. The number of hydrogen-bond acceptors (Lipinski definition) is 6. The minimum absolute atomic E-state index is 0.00878. The van der Waals surface area contributed by atoms with Gasteiger partial charge in [-0.1, -0.05) is 72.2 Å². The molecule has 0 spiro atoms. The van der Waals surface area contributed by atoms with Gasteiger partial charge in [-0.15, -0.1) is 0 Å². The number of nitrogens with zero attached hydrogens (tertiary/aromatic N) is 4. The normalized spacial score (nSPS) is 21.5. The number of rotatable bonds is 5. The van der Waals surface area contributed by atoms with Crippen molar-refractivity contribution in [3.63, 3.8) is 0 Å². The molecule has 2 unspecified atom stereocenters. The molecular weight excluding hydrogens is 554 g/mol. The van der Waals surface area contributed by atoms with Crippen molar-refractivity contribution in [3.8, 4) is 23.0 Å². The molecule has 5 rings (SSSR count). The molecule has 0 aliphatic heterocycles. The highest BCUT2D eigenvalue weighted by atomic mass is 35.5. The highest BCUT2D eigenvalue weighted by molar-refractivity contribution is 6.30. The van der Waals surface area contributed by atoms with Gasteiger partial charge in [-0.05, 0) is 47.3 Å². The Hall–Kier alpha value is -3.59. The summed E-state index contributed by atoms with van der Waals surface area (Å²) in [6.45, 7) is 15.6. The van der Waals surface area contributed by atoms with Gasteiger partial charge in [0.1, 0.15) is 23.8 Å². The van der Waals surface area contributed by atoms with Gasteiger partial charge in [-0.25, -0.2) is 19.0 Å². The molecule has 224 valence electrons. The van der Waals surface area contributed by atoms with Gasteiger partial charge < -0.3 is 9.47 Å². The Kier molecular flexibility index (Phi) is 7.77. The molecule has 4 aromatic rings. The molecule has 1 saturated carbocycles. The first-order valence-corrected chi connectivity index (χ1v) is 14.8. The molecule has 1 fully saturated rings. The molecule has 42 heavy (non-hydrogen) atoms. The van der Waals surface area contributed by atoms with Crippen LogP contribution in [0.15, 0.2) is 47.8 Å². The summed E-state index contributed by atoms with van der Waals surface area (Å²) in [5.74, 6) is 0.658. The average Bonchev–Trinajstić information content (AvgIpc) is 3.55. The quantitative estimate of drug-likeness (QED) is 0.255. The Balaban J connectivity index is 1.78. The summed E-state index contributed by atoms with van der Waals surface area (Å²) in [5, 5.41) is 0.547. The number of aromatic nitrogens is 5. The fraction of sp³-hybridized carbons (Fsp3) is 0.500. The third-order valence-electron chi connectivity index (χ3n) is 8.60. The van der Waals surface area contributed by atoms with Crippen LogP contribution in [0.1, 0.15) is 71.7 Å². The summed E-state index contributed by atoms with van der Waals surface area (Å²) in [6, 6.07) is 7.12. The van der Waals surface area contributed by atoms with Crippen LogP contribution in [0.4, 0.5) is 0 Å². The van der Waals surface area contributed by atoms with E-state index in [0.29, 0.717) is 27.9 Å². The van der Waals surface area contributed by atoms with Crippen LogP contribution in [0.2, 0.25) is 5.02 Å². The number of hydrogen-bond donors (Lipinski definition) is 1. The van der Waals surface area contributed by atoms with E-state index in [2.05, 4.69) is 63.4 Å². The third kappa shape index (κ3) is 5.46. The Morgan fingerprint density at radius 3 is 2.19 bits per heavy atom. The van der Waals surface area contributed by atoms with Gasteiger partial charge in [0.25, 0.3) is 6.01 Å². The van der Waals surface area contributed by atoms with Crippen LogP contribution in [-0.2, 0) is 4.74 Å². The predicted molar refractivity (Wildman–Crippen MR) is 163 cm³/mol. The van der Waals surface area contributed by atoms with Gasteiger partial charge in [-0.3, -0.25) is 9.55 Å². The maximum absolute atomic E-state index is 14.6. The van der Waals surface area contributed by atoms with E-state index in [1.165, 1.54) is 11.5 Å². The summed E-state index contributed by atoms with van der Waals surface area (Å²) in [5.41, 5.74) is 0.793. The number of H-pyrrole nitrogens is 1. The number of ether oxygens (including phenoxy) is 2. The first kappa shape index (κ1) is 29.9. The smallest absolute Gasteiger partial charge is 0.343 e. The number of methoxy groups -OCH3 is 1. The van der Waals surface area contributed by atoms with Gasteiger partial charge in [0.2, 0.25) is 0 Å². The Morgan fingerprint density at radius 1 is 1.05 bits per heavy atom. The van der Waals surface area contributed by atoms with E-state index in [0.717, 1.165) is 12.8 Å². The van der Waals surface area contributed by atoms with E-state index in [9.17, 15) is 9.59 Å². The number of fused-ring (bicyclic) bond motifs is 1. The number of benzene rings is 1. The van der Waals surface area contributed by atoms with Crippen molar-refractivity contribution in [2.24, 2.45) is 28.6 Å². The molecule has 10 heteroatoms. The highest BCUT2D eigenvalue weighted by Crippen LogP contribution is 2.50. The van der Waals surface area contributed by atoms with Crippen molar-refractivity contribution in [2.45, 2.75) is 67.4 Å². The number of aromatic amines is 1. The van der Waals surface area contributed by atoms with Crippen LogP contribution in [0.3, 0.4) is 0 Å². The second-order valence-corrected chi connectivity index (χ2v) is 14.1. The first-order chi connectivity index (χ1) is 19.7. The molecule has 2 atom stereocenters. The maximum Gasteiger partial charge on any atom is 0.343 e. The molecule has 3 heterocycles. The molecule has 1 aliphatic carbocycles. The largest absolute Gasteiger partial charge is 0.468 e. The molecule has 3 aromatic heterocycles.